The van der Waals surface area contributed by atoms with Crippen LogP contribution >= 0.6 is 0 Å². The van der Waals surface area contributed by atoms with E-state index in [0.29, 0.717) is 0 Å². The minimum absolute atomic E-state index is 0.215. The lowest BCUT2D eigenvalue weighted by Gasteiger charge is -2.40. The van der Waals surface area contributed by atoms with Crippen molar-refractivity contribution in [3.63, 3.8) is 0 Å². The van der Waals surface area contributed by atoms with Crippen LogP contribution in [0.4, 0.5) is 0 Å². The second kappa shape index (κ2) is 2.48. The largest absolute Gasteiger partial charge is 0.330 e. The summed E-state index contributed by atoms with van der Waals surface area (Å²) in [7, 11) is 0. The van der Waals surface area contributed by atoms with E-state index in [1.54, 1.807) is 0 Å². The molecule has 0 saturated heterocycles. The highest BCUT2D eigenvalue weighted by atomic mass is 14.9. The quantitative estimate of drug-likeness (QED) is 0.635. The average molecular weight is 180 g/mol. The van der Waals surface area contributed by atoms with E-state index < -0.39 is 0 Å². The summed E-state index contributed by atoms with van der Waals surface area (Å²) in [5, 5.41) is 0. The average Bonchev–Trinajstić information content (AvgIpc) is 2.71. The Hall–Kier alpha value is -0.0800. The van der Waals surface area contributed by atoms with Gasteiger partial charge in [0.25, 0.3) is 0 Å². The topological polar surface area (TPSA) is 52.0 Å². The number of rotatable bonds is 1. The van der Waals surface area contributed by atoms with Gasteiger partial charge in [0.2, 0.25) is 0 Å². The maximum absolute atomic E-state index is 6.56. The third-order valence-corrected chi connectivity index (χ3v) is 5.11. The van der Waals surface area contributed by atoms with Gasteiger partial charge in [0.1, 0.15) is 0 Å². The van der Waals surface area contributed by atoms with Crippen LogP contribution in [0.15, 0.2) is 0 Å². The second-order valence-electron chi connectivity index (χ2n) is 5.44. The van der Waals surface area contributed by atoms with Crippen molar-refractivity contribution >= 4 is 0 Å². The molecule has 0 aromatic heterocycles. The third kappa shape index (κ3) is 0.861. The predicted octanol–water partition coefficient (Wildman–Crippen LogP) is 1.10. The SMILES string of the molecule is NCC1CC2CC1C1(N)CCCC21. The van der Waals surface area contributed by atoms with Crippen LogP contribution < -0.4 is 11.5 Å². The summed E-state index contributed by atoms with van der Waals surface area (Å²) in [5.41, 5.74) is 12.6. The molecule has 0 heterocycles. The lowest BCUT2D eigenvalue weighted by atomic mass is 9.70. The normalized spacial score (nSPS) is 58.6. The highest BCUT2D eigenvalue weighted by molar-refractivity contribution is 5.15. The summed E-state index contributed by atoms with van der Waals surface area (Å²) < 4.78 is 0. The van der Waals surface area contributed by atoms with Gasteiger partial charge in [0.05, 0.1) is 0 Å². The molecule has 74 valence electrons. The van der Waals surface area contributed by atoms with E-state index in [2.05, 4.69) is 0 Å². The summed E-state index contributed by atoms with van der Waals surface area (Å²) in [6, 6.07) is 0. The first kappa shape index (κ1) is 8.25. The van der Waals surface area contributed by atoms with Crippen molar-refractivity contribution in [3.05, 3.63) is 0 Å². The van der Waals surface area contributed by atoms with Gasteiger partial charge in [0, 0.05) is 5.54 Å². The predicted molar refractivity (Wildman–Crippen MR) is 53.0 cm³/mol. The van der Waals surface area contributed by atoms with Crippen molar-refractivity contribution < 1.29 is 0 Å². The molecule has 0 aromatic rings. The summed E-state index contributed by atoms with van der Waals surface area (Å²) in [6.07, 6.45) is 6.81. The van der Waals surface area contributed by atoms with Crippen LogP contribution in [0.1, 0.15) is 32.1 Å². The van der Waals surface area contributed by atoms with Gasteiger partial charge in [-0.15, -0.1) is 0 Å². The Balaban J connectivity index is 1.92. The fourth-order valence-electron chi connectivity index (χ4n) is 4.63. The summed E-state index contributed by atoms with van der Waals surface area (Å²) in [5.74, 6) is 3.32. The Morgan fingerprint density at radius 1 is 1.23 bits per heavy atom. The van der Waals surface area contributed by atoms with Crippen molar-refractivity contribution in [1.29, 1.82) is 0 Å². The van der Waals surface area contributed by atoms with Gasteiger partial charge in [0.15, 0.2) is 0 Å². The monoisotopic (exact) mass is 180 g/mol. The molecule has 3 aliphatic carbocycles. The molecule has 13 heavy (non-hydrogen) atoms. The Morgan fingerprint density at radius 3 is 2.85 bits per heavy atom. The molecular formula is C11H20N2. The Labute approximate surface area is 80.1 Å². The molecule has 2 bridgehead atoms. The fraction of sp³-hybridized carbons (Fsp3) is 1.00. The molecule has 4 N–H and O–H groups in total. The van der Waals surface area contributed by atoms with E-state index >= 15 is 0 Å². The van der Waals surface area contributed by atoms with Crippen molar-refractivity contribution in [2.45, 2.75) is 37.6 Å². The van der Waals surface area contributed by atoms with E-state index in [0.717, 1.165) is 30.2 Å². The third-order valence-electron chi connectivity index (χ3n) is 5.11. The minimum atomic E-state index is 0.215. The Kier molecular flexibility index (Phi) is 1.58. The van der Waals surface area contributed by atoms with Crippen molar-refractivity contribution in [2.24, 2.45) is 35.1 Å². The lowest BCUT2D eigenvalue weighted by Crippen LogP contribution is -2.52. The standard InChI is InChI=1S/C11H20N2/c12-6-8-4-7-5-10(8)11(13)3-1-2-9(7)11/h7-10H,1-6,12-13H2. The smallest absolute Gasteiger partial charge is 0.0217 e. The zero-order valence-electron chi connectivity index (χ0n) is 8.21. The van der Waals surface area contributed by atoms with Gasteiger partial charge in [-0.25, -0.2) is 0 Å². The molecule has 5 unspecified atom stereocenters. The van der Waals surface area contributed by atoms with Gasteiger partial charge in [-0.1, -0.05) is 6.42 Å². The molecule has 5 atom stereocenters. The Bertz CT molecular complexity index is 228. The van der Waals surface area contributed by atoms with E-state index in [1.165, 1.54) is 32.1 Å². The molecule has 3 fully saturated rings. The molecule has 0 spiro atoms. The highest BCUT2D eigenvalue weighted by Crippen LogP contribution is 2.61. The van der Waals surface area contributed by atoms with Crippen LogP contribution in [0.2, 0.25) is 0 Å². The van der Waals surface area contributed by atoms with Crippen LogP contribution in [-0.4, -0.2) is 12.1 Å². The molecule has 3 saturated carbocycles. The molecule has 2 heteroatoms. The van der Waals surface area contributed by atoms with Crippen LogP contribution in [0, 0.1) is 23.7 Å². The maximum atomic E-state index is 6.56. The van der Waals surface area contributed by atoms with Crippen molar-refractivity contribution in [2.75, 3.05) is 6.54 Å². The number of nitrogens with two attached hydrogens (primary N) is 2. The number of hydrogen-bond acceptors (Lipinski definition) is 2. The van der Waals surface area contributed by atoms with E-state index in [-0.39, 0.29) is 5.54 Å². The van der Waals surface area contributed by atoms with Gasteiger partial charge in [-0.2, -0.15) is 0 Å². The lowest BCUT2D eigenvalue weighted by molar-refractivity contribution is 0.154. The van der Waals surface area contributed by atoms with Gasteiger partial charge in [-0.3, -0.25) is 0 Å². The fourth-order valence-corrected chi connectivity index (χ4v) is 4.63. The van der Waals surface area contributed by atoms with E-state index in [9.17, 15) is 0 Å². The van der Waals surface area contributed by atoms with Crippen LogP contribution in [0.3, 0.4) is 0 Å². The molecular weight excluding hydrogens is 160 g/mol. The van der Waals surface area contributed by atoms with Gasteiger partial charge >= 0.3 is 0 Å². The highest BCUT2D eigenvalue weighted by Gasteiger charge is 2.60. The second-order valence-corrected chi connectivity index (χ2v) is 5.44. The van der Waals surface area contributed by atoms with Crippen molar-refractivity contribution in [1.82, 2.24) is 0 Å². The number of fused-ring (bicyclic) bond motifs is 5. The van der Waals surface area contributed by atoms with Gasteiger partial charge < -0.3 is 11.5 Å². The molecule has 3 aliphatic rings. The molecule has 3 rings (SSSR count). The molecule has 0 radical (unpaired) electrons. The van der Waals surface area contributed by atoms with Gasteiger partial charge in [-0.05, 0) is 55.9 Å². The first-order valence-electron chi connectivity index (χ1n) is 5.74. The number of hydrogen-bond donors (Lipinski definition) is 2. The first-order valence-corrected chi connectivity index (χ1v) is 5.74. The van der Waals surface area contributed by atoms with E-state index in [1.807, 2.05) is 0 Å². The maximum Gasteiger partial charge on any atom is 0.0217 e. The minimum Gasteiger partial charge on any atom is -0.330 e. The van der Waals surface area contributed by atoms with Crippen LogP contribution in [0.25, 0.3) is 0 Å². The first-order chi connectivity index (χ1) is 6.25. The van der Waals surface area contributed by atoms with Crippen LogP contribution in [-0.2, 0) is 0 Å². The van der Waals surface area contributed by atoms with E-state index in [4.69, 9.17) is 11.5 Å². The summed E-state index contributed by atoms with van der Waals surface area (Å²) >= 11 is 0. The summed E-state index contributed by atoms with van der Waals surface area (Å²) in [4.78, 5) is 0. The zero-order chi connectivity index (χ0) is 9.05. The molecule has 2 nitrogen and oxygen atoms in total. The molecule has 0 amide bonds. The van der Waals surface area contributed by atoms with Crippen molar-refractivity contribution in [3.8, 4) is 0 Å². The molecule has 0 aliphatic heterocycles. The molecule has 0 aromatic carbocycles. The Morgan fingerprint density at radius 2 is 2.08 bits per heavy atom. The zero-order valence-corrected chi connectivity index (χ0v) is 8.21. The summed E-state index contributed by atoms with van der Waals surface area (Å²) in [6.45, 7) is 0.868. The van der Waals surface area contributed by atoms with Crippen LogP contribution in [0.5, 0.6) is 0 Å².